The Morgan fingerprint density at radius 2 is 2.00 bits per heavy atom. The van der Waals surface area contributed by atoms with Gasteiger partial charge < -0.3 is 5.11 Å². The van der Waals surface area contributed by atoms with Crippen LogP contribution in [0.2, 0.25) is 0 Å². The maximum absolute atomic E-state index is 11.5. The summed E-state index contributed by atoms with van der Waals surface area (Å²) in [6.45, 7) is 3.63. The van der Waals surface area contributed by atoms with Crippen LogP contribution in [0, 0.1) is 13.8 Å². The number of benzene rings is 1. The van der Waals surface area contributed by atoms with Crippen LogP contribution in [0.1, 0.15) is 21.7 Å². The molecule has 2 rings (SSSR count). The lowest BCUT2D eigenvalue weighted by atomic mass is 10.2. The fraction of sp³-hybridized carbons (Fsp3) is 0.154. The van der Waals surface area contributed by atoms with Crippen LogP contribution in [-0.2, 0) is 0 Å². The van der Waals surface area contributed by atoms with Gasteiger partial charge in [0.2, 0.25) is 11.1 Å². The molecule has 1 aromatic carbocycles. The van der Waals surface area contributed by atoms with Gasteiger partial charge in [-0.15, -0.1) is 0 Å². The molecule has 0 fully saturated rings. The molecule has 19 heavy (non-hydrogen) atoms. The maximum atomic E-state index is 11.5. The van der Waals surface area contributed by atoms with Crippen LogP contribution in [0.4, 0.5) is 0 Å². The number of hydrogen-bond acceptors (Lipinski definition) is 3. The Bertz CT molecular complexity index is 722. The zero-order valence-corrected chi connectivity index (χ0v) is 11.9. The fourth-order valence-corrected chi connectivity index (χ4v) is 1.96. The molecule has 98 valence electrons. The minimum atomic E-state index is -1.33. The molecule has 0 bridgehead atoms. The minimum absolute atomic E-state index is 0.480. The van der Waals surface area contributed by atoms with Crippen LogP contribution < -0.4 is 5.43 Å². The second-order valence-corrected chi connectivity index (χ2v) is 5.00. The molecule has 0 saturated carbocycles. The van der Waals surface area contributed by atoms with Gasteiger partial charge in [-0.1, -0.05) is 15.9 Å². The van der Waals surface area contributed by atoms with Gasteiger partial charge in [0, 0.05) is 16.2 Å². The Morgan fingerprint density at radius 3 is 2.58 bits per heavy atom. The van der Waals surface area contributed by atoms with Crippen molar-refractivity contribution in [1.29, 1.82) is 0 Å². The summed E-state index contributed by atoms with van der Waals surface area (Å²) in [4.78, 5) is 22.5. The molecule has 0 spiro atoms. The average Bonchev–Trinajstić information content (AvgIpc) is 2.32. The SMILES string of the molecule is Cc1cc(-n2nc(C(=O)O)c(=O)cc2C)ccc1Br. The molecule has 0 unspecified atom stereocenters. The summed E-state index contributed by atoms with van der Waals surface area (Å²) in [6.07, 6.45) is 0. The van der Waals surface area contributed by atoms with Gasteiger partial charge >= 0.3 is 5.97 Å². The van der Waals surface area contributed by atoms with Gasteiger partial charge in [-0.2, -0.15) is 5.10 Å². The summed E-state index contributed by atoms with van der Waals surface area (Å²) in [5.74, 6) is -1.33. The second-order valence-electron chi connectivity index (χ2n) is 4.15. The number of carbonyl (C=O) groups is 1. The zero-order valence-electron chi connectivity index (χ0n) is 10.3. The predicted molar refractivity (Wildman–Crippen MR) is 74.0 cm³/mol. The van der Waals surface area contributed by atoms with Crippen molar-refractivity contribution in [3.63, 3.8) is 0 Å². The maximum Gasteiger partial charge on any atom is 0.360 e. The van der Waals surface area contributed by atoms with E-state index in [9.17, 15) is 9.59 Å². The van der Waals surface area contributed by atoms with Gasteiger partial charge in [0.05, 0.1) is 5.69 Å². The van der Waals surface area contributed by atoms with Crippen LogP contribution in [0.5, 0.6) is 0 Å². The van der Waals surface area contributed by atoms with E-state index in [0.29, 0.717) is 11.4 Å². The third kappa shape index (κ3) is 2.58. The van der Waals surface area contributed by atoms with Gasteiger partial charge in [0.25, 0.3) is 0 Å². The monoisotopic (exact) mass is 322 g/mol. The number of aryl methyl sites for hydroxylation is 2. The Labute approximate surface area is 117 Å². The number of halogens is 1. The quantitative estimate of drug-likeness (QED) is 0.920. The van der Waals surface area contributed by atoms with Gasteiger partial charge in [0.1, 0.15) is 0 Å². The molecule has 1 aromatic heterocycles. The van der Waals surface area contributed by atoms with Crippen molar-refractivity contribution in [2.45, 2.75) is 13.8 Å². The van der Waals surface area contributed by atoms with E-state index >= 15 is 0 Å². The van der Waals surface area contributed by atoms with Crippen LogP contribution >= 0.6 is 15.9 Å². The molecule has 0 aliphatic heterocycles. The summed E-state index contributed by atoms with van der Waals surface area (Å²) < 4.78 is 2.40. The number of aromatic nitrogens is 2. The van der Waals surface area contributed by atoms with E-state index in [0.717, 1.165) is 10.0 Å². The molecule has 5 nitrogen and oxygen atoms in total. The standard InChI is InChI=1S/C13H11BrN2O3/c1-7-5-9(3-4-10(7)14)16-8(2)6-11(17)12(15-16)13(18)19/h3-6H,1-2H3,(H,18,19). The average molecular weight is 323 g/mol. The molecule has 0 atom stereocenters. The van der Waals surface area contributed by atoms with Gasteiger partial charge in [0.15, 0.2) is 0 Å². The molecule has 2 aromatic rings. The molecule has 0 radical (unpaired) electrons. The Hall–Kier alpha value is -1.95. The Balaban J connectivity index is 2.68. The highest BCUT2D eigenvalue weighted by Gasteiger charge is 2.13. The van der Waals surface area contributed by atoms with E-state index in [-0.39, 0.29) is 0 Å². The molecule has 6 heteroatoms. The molecule has 0 aliphatic carbocycles. The number of carboxylic acid groups (broad SMARTS) is 1. The number of nitrogens with zero attached hydrogens (tertiary/aromatic N) is 2. The number of rotatable bonds is 2. The van der Waals surface area contributed by atoms with Gasteiger partial charge in [-0.25, -0.2) is 9.48 Å². The van der Waals surface area contributed by atoms with E-state index in [1.165, 1.54) is 10.7 Å². The fourth-order valence-electron chi connectivity index (χ4n) is 1.72. The van der Waals surface area contributed by atoms with Crippen molar-refractivity contribution in [3.8, 4) is 5.69 Å². The summed E-state index contributed by atoms with van der Waals surface area (Å²) in [5.41, 5.74) is 1.22. The molecular weight excluding hydrogens is 312 g/mol. The van der Waals surface area contributed by atoms with E-state index in [2.05, 4.69) is 21.0 Å². The molecule has 1 N–H and O–H groups in total. The Morgan fingerprint density at radius 1 is 1.32 bits per heavy atom. The van der Waals surface area contributed by atoms with Crippen LogP contribution in [0.3, 0.4) is 0 Å². The highest BCUT2D eigenvalue weighted by Crippen LogP contribution is 2.19. The molecule has 1 heterocycles. The molecule has 0 aliphatic rings. The smallest absolute Gasteiger partial charge is 0.360 e. The number of hydrogen-bond donors (Lipinski definition) is 1. The second kappa shape index (κ2) is 4.97. The van der Waals surface area contributed by atoms with Gasteiger partial charge in [-0.3, -0.25) is 4.79 Å². The van der Waals surface area contributed by atoms with Crippen LogP contribution in [0.25, 0.3) is 5.69 Å². The number of carboxylic acids is 1. The summed E-state index contributed by atoms with van der Waals surface area (Å²) >= 11 is 3.40. The van der Waals surface area contributed by atoms with Crippen molar-refractivity contribution >= 4 is 21.9 Å². The lowest BCUT2D eigenvalue weighted by molar-refractivity contribution is 0.0686. The summed E-state index contributed by atoms with van der Waals surface area (Å²) in [5, 5.41) is 12.8. The first-order chi connectivity index (χ1) is 8.90. The minimum Gasteiger partial charge on any atom is -0.476 e. The van der Waals surface area contributed by atoms with E-state index in [1.807, 2.05) is 19.1 Å². The van der Waals surface area contributed by atoms with Crippen molar-refractivity contribution in [2.75, 3.05) is 0 Å². The first-order valence-corrected chi connectivity index (χ1v) is 6.30. The third-order valence-corrected chi connectivity index (χ3v) is 3.59. The first-order valence-electron chi connectivity index (χ1n) is 5.51. The zero-order chi connectivity index (χ0) is 14.2. The highest BCUT2D eigenvalue weighted by molar-refractivity contribution is 9.10. The van der Waals surface area contributed by atoms with Crippen LogP contribution in [-0.4, -0.2) is 20.9 Å². The van der Waals surface area contributed by atoms with Crippen molar-refractivity contribution in [3.05, 3.63) is 55.9 Å². The predicted octanol–water partition coefficient (Wildman–Crippen LogP) is 2.31. The first kappa shape index (κ1) is 13.5. The largest absolute Gasteiger partial charge is 0.476 e. The Kier molecular flexibility index (Phi) is 3.53. The van der Waals surface area contributed by atoms with E-state index in [4.69, 9.17) is 5.11 Å². The normalized spacial score (nSPS) is 10.5. The lowest BCUT2D eigenvalue weighted by Crippen LogP contribution is -2.22. The van der Waals surface area contributed by atoms with Crippen molar-refractivity contribution in [2.24, 2.45) is 0 Å². The molecule has 0 amide bonds. The van der Waals surface area contributed by atoms with Crippen LogP contribution in [0.15, 0.2) is 33.5 Å². The summed E-state index contributed by atoms with van der Waals surface area (Å²) in [6, 6.07) is 6.78. The summed E-state index contributed by atoms with van der Waals surface area (Å²) in [7, 11) is 0. The van der Waals surface area contributed by atoms with Crippen molar-refractivity contribution in [1.82, 2.24) is 9.78 Å². The third-order valence-electron chi connectivity index (χ3n) is 2.70. The topological polar surface area (TPSA) is 72.2 Å². The molecule has 0 saturated heterocycles. The van der Waals surface area contributed by atoms with E-state index < -0.39 is 17.1 Å². The highest BCUT2D eigenvalue weighted by atomic mass is 79.9. The lowest BCUT2D eigenvalue weighted by Gasteiger charge is -2.11. The van der Waals surface area contributed by atoms with Gasteiger partial charge in [-0.05, 0) is 37.6 Å². The number of aromatic carboxylic acids is 1. The molecular formula is C13H11BrN2O3. The van der Waals surface area contributed by atoms with E-state index in [1.54, 1.807) is 13.0 Å². The van der Waals surface area contributed by atoms with Crippen molar-refractivity contribution < 1.29 is 9.90 Å².